The van der Waals surface area contributed by atoms with Crippen LogP contribution in [0.5, 0.6) is 0 Å². The van der Waals surface area contributed by atoms with Gasteiger partial charge < -0.3 is 9.84 Å². The smallest absolute Gasteiger partial charge is 0.424 e. The van der Waals surface area contributed by atoms with Gasteiger partial charge in [-0.2, -0.15) is 4.90 Å². The molecule has 24 heavy (non-hydrogen) atoms. The number of carbonyl (C=O) groups is 2. The molecule has 1 aromatic carbocycles. The molecule has 0 spiro atoms. The summed E-state index contributed by atoms with van der Waals surface area (Å²) >= 11 is 6.10. The minimum Gasteiger partial charge on any atom is -0.464 e. The average Bonchev–Trinajstić information content (AvgIpc) is 2.57. The van der Waals surface area contributed by atoms with Gasteiger partial charge in [-0.05, 0) is 18.6 Å². The van der Waals surface area contributed by atoms with Gasteiger partial charge in [-0.25, -0.2) is 14.6 Å². The van der Waals surface area contributed by atoms with Crippen LogP contribution in [-0.4, -0.2) is 28.9 Å². The first kappa shape index (κ1) is 17.7. The van der Waals surface area contributed by atoms with Crippen LogP contribution in [0.15, 0.2) is 42.5 Å². The summed E-state index contributed by atoms with van der Waals surface area (Å²) in [6.07, 6.45) is -0.994. The van der Waals surface area contributed by atoms with Crippen molar-refractivity contribution in [1.29, 1.82) is 0 Å². The summed E-state index contributed by atoms with van der Waals surface area (Å²) in [4.78, 5) is 28.1. The molecular weight excluding hydrogens is 332 g/mol. The molecule has 0 saturated heterocycles. The van der Waals surface area contributed by atoms with E-state index >= 15 is 0 Å². The molecule has 0 fully saturated rings. The molecule has 0 aliphatic heterocycles. The summed E-state index contributed by atoms with van der Waals surface area (Å²) in [5, 5.41) is 9.21. The Labute approximate surface area is 144 Å². The van der Waals surface area contributed by atoms with Crippen molar-refractivity contribution in [3.8, 4) is 11.3 Å². The zero-order valence-electron chi connectivity index (χ0n) is 13.1. The molecule has 0 atom stereocenters. The minimum absolute atomic E-state index is 0.0367. The summed E-state index contributed by atoms with van der Waals surface area (Å²) in [6, 6.07) is 12.3. The first-order chi connectivity index (χ1) is 11.5. The lowest BCUT2D eigenvalue weighted by atomic mass is 10.1. The van der Waals surface area contributed by atoms with E-state index in [-0.39, 0.29) is 17.4 Å². The number of aromatic nitrogens is 1. The van der Waals surface area contributed by atoms with Gasteiger partial charge >= 0.3 is 12.2 Å². The molecule has 0 saturated carbocycles. The topological polar surface area (TPSA) is 79.7 Å². The van der Waals surface area contributed by atoms with E-state index in [1.54, 1.807) is 6.07 Å². The van der Waals surface area contributed by atoms with Crippen LogP contribution in [-0.2, 0) is 4.74 Å². The van der Waals surface area contributed by atoms with E-state index in [1.807, 2.05) is 37.3 Å². The third-order valence-corrected chi connectivity index (χ3v) is 3.51. The second-order valence-electron chi connectivity index (χ2n) is 4.96. The van der Waals surface area contributed by atoms with Gasteiger partial charge in [0.25, 0.3) is 0 Å². The summed E-state index contributed by atoms with van der Waals surface area (Å²) in [6.45, 7) is 2.08. The molecule has 2 rings (SSSR count). The van der Waals surface area contributed by atoms with Crippen LogP contribution in [0.4, 0.5) is 15.3 Å². The molecule has 7 heteroatoms. The highest BCUT2D eigenvalue weighted by Gasteiger charge is 2.27. The number of imide groups is 1. The maximum absolute atomic E-state index is 12.0. The third kappa shape index (κ3) is 4.23. The lowest BCUT2D eigenvalue weighted by Crippen LogP contribution is -2.36. The van der Waals surface area contributed by atoms with E-state index in [4.69, 9.17) is 16.3 Å². The van der Waals surface area contributed by atoms with E-state index in [0.717, 1.165) is 12.0 Å². The van der Waals surface area contributed by atoms with Gasteiger partial charge in [-0.15, -0.1) is 0 Å². The Morgan fingerprint density at radius 3 is 2.50 bits per heavy atom. The molecule has 6 nitrogen and oxygen atoms in total. The molecule has 126 valence electrons. The molecular formula is C17H17ClN2O4. The fourth-order valence-electron chi connectivity index (χ4n) is 2.01. The zero-order valence-corrected chi connectivity index (χ0v) is 13.9. The van der Waals surface area contributed by atoms with E-state index in [2.05, 4.69) is 4.98 Å². The Bertz CT molecular complexity index is 722. The van der Waals surface area contributed by atoms with Crippen LogP contribution in [0.25, 0.3) is 11.3 Å². The second-order valence-corrected chi connectivity index (χ2v) is 5.32. The normalized spacial score (nSPS) is 10.2. The van der Waals surface area contributed by atoms with Crippen molar-refractivity contribution in [2.45, 2.75) is 19.8 Å². The summed E-state index contributed by atoms with van der Waals surface area (Å²) in [7, 11) is 0. The summed E-state index contributed by atoms with van der Waals surface area (Å²) in [5.74, 6) is 0. The lowest BCUT2D eigenvalue weighted by molar-refractivity contribution is 0.147. The molecule has 2 aromatic rings. The van der Waals surface area contributed by atoms with E-state index in [1.165, 1.54) is 6.07 Å². The van der Waals surface area contributed by atoms with Crippen molar-refractivity contribution in [2.75, 3.05) is 11.5 Å². The van der Waals surface area contributed by atoms with Gasteiger partial charge in [0, 0.05) is 5.56 Å². The Hall–Kier alpha value is -2.60. The molecule has 0 bridgehead atoms. The number of nitrogens with zero attached hydrogens (tertiary/aromatic N) is 2. The number of amides is 2. The van der Waals surface area contributed by atoms with E-state index < -0.39 is 12.2 Å². The summed E-state index contributed by atoms with van der Waals surface area (Å²) in [5.41, 5.74) is 1.37. The number of rotatable bonds is 5. The van der Waals surface area contributed by atoms with Crippen LogP contribution in [0.2, 0.25) is 5.15 Å². The molecule has 0 aliphatic rings. The monoisotopic (exact) mass is 348 g/mol. The fraction of sp³-hybridized carbons (Fsp3) is 0.235. The Morgan fingerprint density at radius 1 is 1.21 bits per heavy atom. The van der Waals surface area contributed by atoms with Crippen molar-refractivity contribution in [2.24, 2.45) is 0 Å². The molecule has 0 aliphatic carbocycles. The number of halogens is 1. The highest BCUT2D eigenvalue weighted by Crippen LogP contribution is 2.28. The van der Waals surface area contributed by atoms with Crippen LogP contribution in [0, 0.1) is 0 Å². The van der Waals surface area contributed by atoms with Crippen LogP contribution in [0.3, 0.4) is 0 Å². The number of carbonyl (C=O) groups excluding carboxylic acids is 1. The number of benzene rings is 1. The Kier molecular flexibility index (Phi) is 6.14. The molecule has 2 amide bonds. The number of unbranched alkanes of at least 4 members (excludes halogenated alkanes) is 1. The SMILES string of the molecule is CCCCOC(=O)N(C(=O)O)c1ccc(-c2ccccc2)nc1Cl. The first-order valence-electron chi connectivity index (χ1n) is 7.46. The lowest BCUT2D eigenvalue weighted by Gasteiger charge is -2.18. The number of hydrogen-bond acceptors (Lipinski definition) is 4. The molecule has 1 aromatic heterocycles. The van der Waals surface area contributed by atoms with Crippen LogP contribution in [0.1, 0.15) is 19.8 Å². The van der Waals surface area contributed by atoms with Crippen LogP contribution >= 0.6 is 11.6 Å². The van der Waals surface area contributed by atoms with Gasteiger partial charge in [0.15, 0.2) is 5.15 Å². The minimum atomic E-state index is -1.48. The van der Waals surface area contributed by atoms with Gasteiger partial charge in [-0.3, -0.25) is 0 Å². The van der Waals surface area contributed by atoms with Crippen molar-refractivity contribution < 1.29 is 19.4 Å². The maximum atomic E-state index is 12.0. The fourth-order valence-corrected chi connectivity index (χ4v) is 2.25. The maximum Gasteiger partial charge on any atom is 0.424 e. The predicted molar refractivity (Wildman–Crippen MR) is 91.4 cm³/mol. The van der Waals surface area contributed by atoms with E-state index in [9.17, 15) is 14.7 Å². The quantitative estimate of drug-likeness (QED) is 0.618. The number of anilines is 1. The van der Waals surface area contributed by atoms with Crippen LogP contribution < -0.4 is 4.90 Å². The Balaban J connectivity index is 2.28. The zero-order chi connectivity index (χ0) is 17.5. The highest BCUT2D eigenvalue weighted by atomic mass is 35.5. The highest BCUT2D eigenvalue weighted by molar-refractivity contribution is 6.33. The first-order valence-corrected chi connectivity index (χ1v) is 7.84. The van der Waals surface area contributed by atoms with E-state index in [0.29, 0.717) is 17.0 Å². The van der Waals surface area contributed by atoms with Gasteiger partial charge in [-0.1, -0.05) is 55.3 Å². The predicted octanol–water partition coefficient (Wildman–Crippen LogP) is 4.82. The molecule has 0 unspecified atom stereocenters. The van der Waals surface area contributed by atoms with Crippen molar-refractivity contribution in [3.05, 3.63) is 47.6 Å². The number of ether oxygens (including phenoxy) is 1. The molecule has 0 radical (unpaired) electrons. The summed E-state index contributed by atoms with van der Waals surface area (Å²) < 4.78 is 4.95. The van der Waals surface area contributed by atoms with Gasteiger partial charge in [0.1, 0.15) is 0 Å². The molecule has 1 heterocycles. The standard InChI is InChI=1S/C17H17ClN2O4/c1-2-3-11-24-17(23)20(16(21)22)14-10-9-13(19-15(14)18)12-7-5-4-6-8-12/h4-10H,2-3,11H2,1H3,(H,21,22). The number of carboxylic acid groups (broad SMARTS) is 1. The van der Waals surface area contributed by atoms with Crippen molar-refractivity contribution >= 4 is 29.5 Å². The Morgan fingerprint density at radius 2 is 1.92 bits per heavy atom. The van der Waals surface area contributed by atoms with Gasteiger partial charge in [0.2, 0.25) is 0 Å². The number of pyridine rings is 1. The van der Waals surface area contributed by atoms with Crippen molar-refractivity contribution in [3.63, 3.8) is 0 Å². The largest absolute Gasteiger partial charge is 0.464 e. The number of hydrogen-bond donors (Lipinski definition) is 1. The van der Waals surface area contributed by atoms with Gasteiger partial charge in [0.05, 0.1) is 18.0 Å². The average molecular weight is 349 g/mol. The second kappa shape index (κ2) is 8.31. The van der Waals surface area contributed by atoms with Crippen molar-refractivity contribution in [1.82, 2.24) is 4.98 Å². The molecule has 1 N–H and O–H groups in total. The third-order valence-electron chi connectivity index (χ3n) is 3.24.